The number of anilines is 1. The Morgan fingerprint density at radius 1 is 1.36 bits per heavy atom. The Morgan fingerprint density at radius 3 is 2.68 bits per heavy atom. The highest BCUT2D eigenvalue weighted by molar-refractivity contribution is 5.53. The fourth-order valence-corrected chi connectivity index (χ4v) is 2.25. The number of rotatable bonds is 6. The largest absolute Gasteiger partial charge is 0.379 e. The summed E-state index contributed by atoms with van der Waals surface area (Å²) < 4.78 is 5.92. The Kier molecular flexibility index (Phi) is 5.28. The average Bonchev–Trinajstić information content (AvgIpc) is 2.50. The van der Waals surface area contributed by atoms with Gasteiger partial charge in [0.15, 0.2) is 5.82 Å². The van der Waals surface area contributed by atoms with E-state index in [9.17, 15) is 19.7 Å². The summed E-state index contributed by atoms with van der Waals surface area (Å²) in [5, 5.41) is 13.8. The third-order valence-corrected chi connectivity index (χ3v) is 3.52. The molecule has 22 heavy (non-hydrogen) atoms. The number of hydrogen-bond acceptors (Lipinski definition) is 7. The molecule has 0 radical (unpaired) electrons. The standard InChI is InChI=1S/C12H19N5O5/c1-15-11(18)9(17(20)21)10(14-12(15)19)13-3-2-4-16-5-7-22-8-6-16/h13H,2-8H2,1H3,(H,14,19). The van der Waals surface area contributed by atoms with Crippen molar-refractivity contribution in [2.75, 3.05) is 44.7 Å². The lowest BCUT2D eigenvalue weighted by Crippen LogP contribution is -2.37. The zero-order chi connectivity index (χ0) is 16.1. The second-order valence-corrected chi connectivity index (χ2v) is 5.01. The third kappa shape index (κ3) is 3.71. The maximum atomic E-state index is 11.8. The monoisotopic (exact) mass is 313 g/mol. The van der Waals surface area contributed by atoms with E-state index in [1.165, 1.54) is 7.05 Å². The third-order valence-electron chi connectivity index (χ3n) is 3.52. The van der Waals surface area contributed by atoms with Gasteiger partial charge in [0.25, 0.3) is 0 Å². The van der Waals surface area contributed by atoms with Gasteiger partial charge in [-0.25, -0.2) is 4.79 Å². The van der Waals surface area contributed by atoms with Crippen molar-refractivity contribution in [3.63, 3.8) is 0 Å². The summed E-state index contributed by atoms with van der Waals surface area (Å²) in [6, 6.07) is 0. The molecule has 1 fully saturated rings. The maximum Gasteiger partial charge on any atom is 0.374 e. The molecule has 1 aliphatic rings. The highest BCUT2D eigenvalue weighted by Crippen LogP contribution is 2.14. The molecule has 2 heterocycles. The maximum absolute atomic E-state index is 11.8. The summed E-state index contributed by atoms with van der Waals surface area (Å²) in [4.78, 5) is 38.1. The molecule has 0 saturated carbocycles. The van der Waals surface area contributed by atoms with Crippen LogP contribution in [0.25, 0.3) is 0 Å². The van der Waals surface area contributed by atoms with Gasteiger partial charge in [-0.05, 0) is 13.0 Å². The van der Waals surface area contributed by atoms with Crippen LogP contribution in [0.4, 0.5) is 11.5 Å². The van der Waals surface area contributed by atoms with Crippen LogP contribution in [0, 0.1) is 10.1 Å². The average molecular weight is 313 g/mol. The van der Waals surface area contributed by atoms with Crippen molar-refractivity contribution in [1.29, 1.82) is 0 Å². The molecule has 0 atom stereocenters. The molecular formula is C12H19N5O5. The fourth-order valence-electron chi connectivity index (χ4n) is 2.25. The first-order valence-electron chi connectivity index (χ1n) is 7.02. The van der Waals surface area contributed by atoms with E-state index >= 15 is 0 Å². The molecule has 1 aromatic heterocycles. The minimum Gasteiger partial charge on any atom is -0.379 e. The molecule has 1 saturated heterocycles. The molecule has 0 aliphatic carbocycles. The summed E-state index contributed by atoms with van der Waals surface area (Å²) in [6.07, 6.45) is 0.731. The van der Waals surface area contributed by atoms with Crippen molar-refractivity contribution >= 4 is 11.5 Å². The van der Waals surface area contributed by atoms with Crippen molar-refractivity contribution in [1.82, 2.24) is 14.5 Å². The van der Waals surface area contributed by atoms with E-state index in [-0.39, 0.29) is 5.82 Å². The molecule has 1 aliphatic heterocycles. The molecule has 10 heteroatoms. The van der Waals surface area contributed by atoms with Crippen LogP contribution in [0.5, 0.6) is 0 Å². The SMILES string of the molecule is Cn1c(=O)[nH]c(NCCCN2CCOCC2)c([N+](=O)[O-])c1=O. The molecule has 0 spiro atoms. The van der Waals surface area contributed by atoms with E-state index in [0.717, 1.165) is 26.1 Å². The summed E-state index contributed by atoms with van der Waals surface area (Å²) >= 11 is 0. The van der Waals surface area contributed by atoms with E-state index in [4.69, 9.17) is 4.74 Å². The van der Waals surface area contributed by atoms with Crippen LogP contribution in [-0.4, -0.2) is 58.8 Å². The first-order chi connectivity index (χ1) is 10.5. The van der Waals surface area contributed by atoms with Crippen molar-refractivity contribution in [2.45, 2.75) is 6.42 Å². The minimum absolute atomic E-state index is 0.139. The number of hydrogen-bond donors (Lipinski definition) is 2. The molecule has 0 aromatic carbocycles. The Morgan fingerprint density at radius 2 is 2.05 bits per heavy atom. The van der Waals surface area contributed by atoms with Crippen molar-refractivity contribution in [2.24, 2.45) is 7.05 Å². The van der Waals surface area contributed by atoms with Gasteiger partial charge in [-0.1, -0.05) is 0 Å². The van der Waals surface area contributed by atoms with Crippen LogP contribution >= 0.6 is 0 Å². The van der Waals surface area contributed by atoms with Crippen LogP contribution in [-0.2, 0) is 11.8 Å². The van der Waals surface area contributed by atoms with Crippen molar-refractivity contribution < 1.29 is 9.66 Å². The molecule has 0 amide bonds. The van der Waals surface area contributed by atoms with Crippen molar-refractivity contribution in [3.8, 4) is 0 Å². The Labute approximate surface area is 125 Å². The summed E-state index contributed by atoms with van der Waals surface area (Å²) in [5.41, 5.74) is -2.26. The van der Waals surface area contributed by atoms with Gasteiger partial charge in [-0.15, -0.1) is 0 Å². The predicted molar refractivity (Wildman–Crippen MR) is 79.3 cm³/mol. The molecular weight excluding hydrogens is 294 g/mol. The molecule has 122 valence electrons. The summed E-state index contributed by atoms with van der Waals surface area (Å²) in [6.45, 7) is 4.38. The van der Waals surface area contributed by atoms with Gasteiger partial charge in [0.05, 0.1) is 18.1 Å². The summed E-state index contributed by atoms with van der Waals surface area (Å²) in [5.74, 6) is -0.139. The Balaban J connectivity index is 1.98. The number of aromatic nitrogens is 2. The van der Waals surface area contributed by atoms with E-state index < -0.39 is 21.9 Å². The second kappa shape index (κ2) is 7.18. The highest BCUT2D eigenvalue weighted by Gasteiger charge is 2.22. The molecule has 1 aromatic rings. The van der Waals surface area contributed by atoms with Gasteiger partial charge in [0, 0.05) is 26.7 Å². The lowest BCUT2D eigenvalue weighted by molar-refractivity contribution is -0.385. The number of ether oxygens (including phenoxy) is 1. The van der Waals surface area contributed by atoms with Crippen LogP contribution in [0.15, 0.2) is 9.59 Å². The molecule has 0 bridgehead atoms. The number of nitrogens with zero attached hydrogens (tertiary/aromatic N) is 3. The molecule has 10 nitrogen and oxygen atoms in total. The minimum atomic E-state index is -0.926. The zero-order valence-electron chi connectivity index (χ0n) is 12.3. The lowest BCUT2D eigenvalue weighted by Gasteiger charge is -2.26. The smallest absolute Gasteiger partial charge is 0.374 e. The highest BCUT2D eigenvalue weighted by atomic mass is 16.6. The number of nitrogens with one attached hydrogen (secondary N) is 2. The van der Waals surface area contributed by atoms with Gasteiger partial charge >= 0.3 is 16.9 Å². The van der Waals surface area contributed by atoms with Gasteiger partial charge in [-0.3, -0.25) is 29.4 Å². The fraction of sp³-hybridized carbons (Fsp3) is 0.667. The van der Waals surface area contributed by atoms with Crippen LogP contribution in [0.3, 0.4) is 0 Å². The molecule has 2 rings (SSSR count). The molecule has 0 unspecified atom stereocenters. The van der Waals surface area contributed by atoms with Crippen molar-refractivity contribution in [3.05, 3.63) is 31.0 Å². The molecule has 2 N–H and O–H groups in total. The topological polar surface area (TPSA) is 122 Å². The normalized spacial score (nSPS) is 15.7. The first kappa shape index (κ1) is 16.2. The summed E-state index contributed by atoms with van der Waals surface area (Å²) in [7, 11) is 1.19. The first-order valence-corrected chi connectivity index (χ1v) is 7.02. The number of morpholine rings is 1. The van der Waals surface area contributed by atoms with E-state index in [2.05, 4.69) is 15.2 Å². The van der Waals surface area contributed by atoms with Gasteiger partial charge < -0.3 is 10.1 Å². The zero-order valence-corrected chi connectivity index (χ0v) is 12.3. The lowest BCUT2D eigenvalue weighted by atomic mass is 10.3. The Bertz CT molecular complexity index is 646. The van der Waals surface area contributed by atoms with E-state index in [1.807, 2.05) is 0 Å². The van der Waals surface area contributed by atoms with Crippen LogP contribution < -0.4 is 16.6 Å². The van der Waals surface area contributed by atoms with Gasteiger partial charge in [-0.2, -0.15) is 0 Å². The predicted octanol–water partition coefficient (Wildman–Crippen LogP) is -0.884. The number of aromatic amines is 1. The van der Waals surface area contributed by atoms with E-state index in [0.29, 0.717) is 24.3 Å². The number of H-pyrrole nitrogens is 1. The van der Waals surface area contributed by atoms with Gasteiger partial charge in [0.1, 0.15) is 0 Å². The van der Waals surface area contributed by atoms with Crippen LogP contribution in [0.2, 0.25) is 0 Å². The van der Waals surface area contributed by atoms with Gasteiger partial charge in [0.2, 0.25) is 0 Å². The number of nitro groups is 1. The second-order valence-electron chi connectivity index (χ2n) is 5.01. The quantitative estimate of drug-likeness (QED) is 0.397. The van der Waals surface area contributed by atoms with E-state index in [1.54, 1.807) is 0 Å². The van der Waals surface area contributed by atoms with Crippen LogP contribution in [0.1, 0.15) is 6.42 Å². The Hall–Kier alpha value is -2.20.